The molecule has 4 nitrogen and oxygen atoms in total. The third-order valence-electron chi connectivity index (χ3n) is 3.81. The zero-order valence-corrected chi connectivity index (χ0v) is 12.6. The molecule has 0 aromatic heterocycles. The van der Waals surface area contributed by atoms with Gasteiger partial charge in [0.2, 0.25) is 11.8 Å². The lowest BCUT2D eigenvalue weighted by Gasteiger charge is -2.16. The van der Waals surface area contributed by atoms with E-state index in [2.05, 4.69) is 10.6 Å². The van der Waals surface area contributed by atoms with E-state index in [0.29, 0.717) is 19.0 Å². The summed E-state index contributed by atoms with van der Waals surface area (Å²) in [6.07, 6.45) is 4.07. The van der Waals surface area contributed by atoms with E-state index in [1.807, 2.05) is 30.3 Å². The molecule has 1 aliphatic rings. The van der Waals surface area contributed by atoms with Crippen molar-refractivity contribution in [2.24, 2.45) is 5.92 Å². The topological polar surface area (TPSA) is 58.2 Å². The lowest BCUT2D eigenvalue weighted by atomic mass is 9.93. The molecule has 1 saturated carbocycles. The van der Waals surface area contributed by atoms with Crippen LogP contribution in [-0.4, -0.2) is 24.9 Å². The van der Waals surface area contributed by atoms with Gasteiger partial charge in [0.05, 0.1) is 5.92 Å². The third-order valence-corrected chi connectivity index (χ3v) is 3.81. The average Bonchev–Trinajstić information content (AvgIpc) is 3.28. The fourth-order valence-electron chi connectivity index (χ4n) is 2.56. The van der Waals surface area contributed by atoms with Crippen molar-refractivity contribution < 1.29 is 9.59 Å². The third kappa shape index (κ3) is 5.21. The van der Waals surface area contributed by atoms with E-state index in [0.717, 1.165) is 31.2 Å². The standard InChI is InChI=1S/C17H24N2O2/c1-13(20)18-11-5-6-12-19-17(21)16(15-9-10-15)14-7-3-2-4-8-14/h2-4,7-8,15-16H,5-6,9-12H2,1H3,(H,18,20)(H,19,21). The van der Waals surface area contributed by atoms with E-state index in [1.54, 1.807) is 0 Å². The summed E-state index contributed by atoms with van der Waals surface area (Å²) in [6, 6.07) is 10.0. The molecule has 2 N–H and O–H groups in total. The fourth-order valence-corrected chi connectivity index (χ4v) is 2.56. The Kier molecular flexibility index (Phi) is 5.78. The summed E-state index contributed by atoms with van der Waals surface area (Å²) in [5, 5.41) is 5.80. The SMILES string of the molecule is CC(=O)NCCCCNC(=O)C(c1ccccc1)C1CC1. The summed E-state index contributed by atoms with van der Waals surface area (Å²) in [4.78, 5) is 23.1. The van der Waals surface area contributed by atoms with Gasteiger partial charge in [-0.15, -0.1) is 0 Å². The van der Waals surface area contributed by atoms with E-state index >= 15 is 0 Å². The molecule has 21 heavy (non-hydrogen) atoms. The minimum Gasteiger partial charge on any atom is -0.356 e. The van der Waals surface area contributed by atoms with Crippen molar-refractivity contribution in [3.05, 3.63) is 35.9 Å². The number of unbranched alkanes of at least 4 members (excludes halogenated alkanes) is 1. The molecule has 1 atom stereocenters. The molecule has 0 saturated heterocycles. The van der Waals surface area contributed by atoms with Crippen LogP contribution in [0.1, 0.15) is 44.1 Å². The highest BCUT2D eigenvalue weighted by atomic mass is 16.2. The van der Waals surface area contributed by atoms with Gasteiger partial charge in [-0.05, 0) is 37.2 Å². The van der Waals surface area contributed by atoms with Crippen molar-refractivity contribution in [3.63, 3.8) is 0 Å². The van der Waals surface area contributed by atoms with Gasteiger partial charge in [0.15, 0.2) is 0 Å². The molecular formula is C17H24N2O2. The first-order chi connectivity index (χ1) is 10.2. The molecular weight excluding hydrogens is 264 g/mol. The average molecular weight is 288 g/mol. The molecule has 1 aliphatic carbocycles. The van der Waals surface area contributed by atoms with Crippen molar-refractivity contribution >= 4 is 11.8 Å². The van der Waals surface area contributed by atoms with Crippen molar-refractivity contribution in [2.75, 3.05) is 13.1 Å². The number of hydrogen-bond donors (Lipinski definition) is 2. The Morgan fingerprint density at radius 3 is 2.29 bits per heavy atom. The first-order valence-electron chi connectivity index (χ1n) is 7.75. The molecule has 114 valence electrons. The summed E-state index contributed by atoms with van der Waals surface area (Å²) in [5.74, 6) is 0.647. The van der Waals surface area contributed by atoms with Crippen LogP contribution in [0.3, 0.4) is 0 Å². The zero-order valence-electron chi connectivity index (χ0n) is 12.6. The minimum absolute atomic E-state index is 0.00143. The van der Waals surface area contributed by atoms with Gasteiger partial charge in [-0.1, -0.05) is 30.3 Å². The first kappa shape index (κ1) is 15.5. The van der Waals surface area contributed by atoms with Crippen LogP contribution in [0.5, 0.6) is 0 Å². The first-order valence-corrected chi connectivity index (χ1v) is 7.75. The molecule has 1 aromatic rings. The van der Waals surface area contributed by atoms with Gasteiger partial charge < -0.3 is 10.6 Å². The molecule has 2 amide bonds. The molecule has 2 rings (SSSR count). The Hall–Kier alpha value is -1.84. The van der Waals surface area contributed by atoms with Gasteiger partial charge in [0.1, 0.15) is 0 Å². The summed E-state index contributed by atoms with van der Waals surface area (Å²) in [6.45, 7) is 2.87. The molecule has 0 spiro atoms. The van der Waals surface area contributed by atoms with Crippen molar-refractivity contribution in [2.45, 2.75) is 38.5 Å². The Labute approximate surface area is 126 Å². The Bertz CT molecular complexity index is 469. The van der Waals surface area contributed by atoms with Crippen molar-refractivity contribution in [1.82, 2.24) is 10.6 Å². The van der Waals surface area contributed by atoms with E-state index in [-0.39, 0.29) is 17.7 Å². The predicted molar refractivity (Wildman–Crippen MR) is 82.8 cm³/mol. The monoisotopic (exact) mass is 288 g/mol. The fraction of sp³-hybridized carbons (Fsp3) is 0.529. The number of hydrogen-bond acceptors (Lipinski definition) is 2. The van der Waals surface area contributed by atoms with Crippen molar-refractivity contribution in [3.8, 4) is 0 Å². The second-order valence-electron chi connectivity index (χ2n) is 5.71. The van der Waals surface area contributed by atoms with Crippen LogP contribution in [-0.2, 0) is 9.59 Å². The second kappa shape index (κ2) is 7.81. The van der Waals surface area contributed by atoms with E-state index in [1.165, 1.54) is 6.92 Å². The van der Waals surface area contributed by atoms with Crippen LogP contribution in [0.2, 0.25) is 0 Å². The number of carbonyl (C=O) groups excluding carboxylic acids is 2. The number of benzene rings is 1. The summed E-state index contributed by atoms with van der Waals surface area (Å²) >= 11 is 0. The molecule has 1 fully saturated rings. The van der Waals surface area contributed by atoms with Crippen LogP contribution in [0.15, 0.2) is 30.3 Å². The highest BCUT2D eigenvalue weighted by molar-refractivity contribution is 5.84. The number of rotatable bonds is 8. The maximum atomic E-state index is 12.4. The summed E-state index contributed by atoms with van der Waals surface area (Å²) < 4.78 is 0. The highest BCUT2D eigenvalue weighted by Gasteiger charge is 2.36. The predicted octanol–water partition coefficient (Wildman–Crippen LogP) is 2.21. The van der Waals surface area contributed by atoms with Gasteiger partial charge in [-0.3, -0.25) is 9.59 Å². The van der Waals surface area contributed by atoms with Gasteiger partial charge in [0, 0.05) is 20.0 Å². The molecule has 0 radical (unpaired) electrons. The molecule has 0 heterocycles. The second-order valence-corrected chi connectivity index (χ2v) is 5.71. The maximum absolute atomic E-state index is 12.4. The van der Waals surface area contributed by atoms with Crippen LogP contribution in [0, 0.1) is 5.92 Å². The van der Waals surface area contributed by atoms with Gasteiger partial charge >= 0.3 is 0 Å². The number of carbonyl (C=O) groups is 2. The lowest BCUT2D eigenvalue weighted by Crippen LogP contribution is -2.31. The van der Waals surface area contributed by atoms with Gasteiger partial charge in [-0.25, -0.2) is 0 Å². The highest BCUT2D eigenvalue weighted by Crippen LogP contribution is 2.42. The minimum atomic E-state index is -0.00286. The Morgan fingerprint density at radius 1 is 1.10 bits per heavy atom. The van der Waals surface area contributed by atoms with E-state index in [4.69, 9.17) is 0 Å². The van der Waals surface area contributed by atoms with Crippen LogP contribution >= 0.6 is 0 Å². The van der Waals surface area contributed by atoms with E-state index < -0.39 is 0 Å². The largest absolute Gasteiger partial charge is 0.356 e. The van der Waals surface area contributed by atoms with E-state index in [9.17, 15) is 9.59 Å². The zero-order chi connectivity index (χ0) is 15.1. The quantitative estimate of drug-likeness (QED) is 0.721. The summed E-state index contributed by atoms with van der Waals surface area (Å²) in [7, 11) is 0. The molecule has 1 aromatic carbocycles. The molecule has 4 heteroatoms. The maximum Gasteiger partial charge on any atom is 0.227 e. The van der Waals surface area contributed by atoms with Crippen LogP contribution in [0.4, 0.5) is 0 Å². The molecule has 1 unspecified atom stereocenters. The lowest BCUT2D eigenvalue weighted by molar-refractivity contribution is -0.123. The van der Waals surface area contributed by atoms with Gasteiger partial charge in [-0.2, -0.15) is 0 Å². The number of amides is 2. The molecule has 0 bridgehead atoms. The normalized spacial score (nSPS) is 15.3. The molecule has 0 aliphatic heterocycles. The van der Waals surface area contributed by atoms with Crippen LogP contribution < -0.4 is 10.6 Å². The Balaban J connectivity index is 1.74. The Morgan fingerprint density at radius 2 is 1.71 bits per heavy atom. The van der Waals surface area contributed by atoms with Gasteiger partial charge in [0.25, 0.3) is 0 Å². The smallest absolute Gasteiger partial charge is 0.227 e. The summed E-state index contributed by atoms with van der Waals surface area (Å²) in [5.41, 5.74) is 1.12. The van der Waals surface area contributed by atoms with Crippen molar-refractivity contribution in [1.29, 1.82) is 0 Å². The van der Waals surface area contributed by atoms with Crippen LogP contribution in [0.25, 0.3) is 0 Å². The number of nitrogens with one attached hydrogen (secondary N) is 2.